The highest BCUT2D eigenvalue weighted by molar-refractivity contribution is 7.48. The van der Waals surface area contributed by atoms with Gasteiger partial charge in [-0.3, -0.25) is 0 Å². The number of hydrogen-bond donors (Lipinski definition) is 2. The van der Waals surface area contributed by atoms with Gasteiger partial charge in [-0.1, -0.05) is 25.3 Å². The van der Waals surface area contributed by atoms with Gasteiger partial charge in [0.25, 0.3) is 0 Å². The molecule has 1 rings (SSSR count). The first-order valence-electron chi connectivity index (χ1n) is 4.14. The molecule has 2 N–H and O–H groups in total. The van der Waals surface area contributed by atoms with Gasteiger partial charge in [0.2, 0.25) is 0 Å². The predicted molar refractivity (Wildman–Crippen MR) is 47.1 cm³/mol. The molecule has 1 saturated carbocycles. The molecule has 1 aliphatic carbocycles. The summed E-state index contributed by atoms with van der Waals surface area (Å²) in [4.78, 5) is 17.2. The lowest BCUT2D eigenvalue weighted by Crippen LogP contribution is -2.02. The van der Waals surface area contributed by atoms with Crippen molar-refractivity contribution >= 4 is 8.38 Å². The van der Waals surface area contributed by atoms with Crippen molar-refractivity contribution in [3.63, 3.8) is 0 Å². The van der Waals surface area contributed by atoms with Gasteiger partial charge in [-0.2, -0.15) is 0 Å². The van der Waals surface area contributed by atoms with Gasteiger partial charge in [-0.15, -0.1) is 0 Å². The lowest BCUT2D eigenvalue weighted by Gasteiger charge is -2.17. The lowest BCUT2D eigenvalue weighted by molar-refractivity contribution is 0.419. The van der Waals surface area contributed by atoms with E-state index in [0.29, 0.717) is 5.92 Å². The van der Waals surface area contributed by atoms with Gasteiger partial charge in [0.05, 0.1) is 0 Å². The molecule has 0 aromatic rings. The zero-order chi connectivity index (χ0) is 8.10. The predicted octanol–water partition coefficient (Wildman–Crippen LogP) is 2.38. The van der Waals surface area contributed by atoms with Crippen molar-refractivity contribution < 1.29 is 9.79 Å². The molecule has 0 aromatic heterocycles. The van der Waals surface area contributed by atoms with Gasteiger partial charge in [-0.05, 0) is 24.6 Å². The molecule has 1 aliphatic rings. The molecule has 2 nitrogen and oxygen atoms in total. The van der Waals surface area contributed by atoms with Crippen LogP contribution < -0.4 is 0 Å². The van der Waals surface area contributed by atoms with Gasteiger partial charge in [0.1, 0.15) is 0 Å². The minimum absolute atomic E-state index is 0.605. The molecule has 3 heteroatoms. The van der Waals surface area contributed by atoms with E-state index >= 15 is 0 Å². The van der Waals surface area contributed by atoms with Crippen molar-refractivity contribution in [1.82, 2.24) is 0 Å². The fraction of sp³-hybridized carbons (Fsp3) is 0.750. The summed E-state index contributed by atoms with van der Waals surface area (Å²) in [5.41, 5.74) is 0. The van der Waals surface area contributed by atoms with Gasteiger partial charge < -0.3 is 9.79 Å². The SMILES string of the molecule is OP(O)/C=C/C1CCCCC1. The van der Waals surface area contributed by atoms with Crippen molar-refractivity contribution in [3.8, 4) is 0 Å². The Labute approximate surface area is 68.9 Å². The van der Waals surface area contributed by atoms with E-state index in [1.807, 2.05) is 6.08 Å². The Balaban J connectivity index is 2.23. The van der Waals surface area contributed by atoms with E-state index in [2.05, 4.69) is 0 Å². The van der Waals surface area contributed by atoms with Crippen LogP contribution in [0.4, 0.5) is 0 Å². The standard InChI is InChI=1S/C8H15O2P/c9-11(10)7-6-8-4-2-1-3-5-8/h6-10H,1-5H2/b7-6+. The van der Waals surface area contributed by atoms with E-state index in [4.69, 9.17) is 9.79 Å². The first kappa shape index (κ1) is 9.18. The first-order chi connectivity index (χ1) is 5.29. The normalized spacial score (nSPS) is 21.7. The second-order valence-corrected chi connectivity index (χ2v) is 4.00. The Hall–Kier alpha value is 0.0900. The Morgan fingerprint density at radius 1 is 1.09 bits per heavy atom. The number of rotatable bonds is 2. The minimum atomic E-state index is -1.81. The maximum atomic E-state index is 8.62. The molecule has 0 spiro atoms. The van der Waals surface area contributed by atoms with E-state index in [0.717, 1.165) is 0 Å². The molecule has 0 aliphatic heterocycles. The van der Waals surface area contributed by atoms with Crippen LogP contribution in [-0.2, 0) is 0 Å². The monoisotopic (exact) mass is 174 g/mol. The zero-order valence-electron chi connectivity index (χ0n) is 6.61. The molecule has 0 aromatic carbocycles. The number of hydrogen-bond acceptors (Lipinski definition) is 2. The quantitative estimate of drug-likeness (QED) is 0.631. The second kappa shape index (κ2) is 4.87. The molecule has 0 radical (unpaired) electrons. The molecule has 0 amide bonds. The van der Waals surface area contributed by atoms with Crippen molar-refractivity contribution in [2.75, 3.05) is 0 Å². The van der Waals surface area contributed by atoms with E-state index in [1.165, 1.54) is 37.9 Å². The smallest absolute Gasteiger partial charge is 0.191 e. The first-order valence-corrected chi connectivity index (χ1v) is 5.46. The highest BCUT2D eigenvalue weighted by atomic mass is 31.2. The lowest BCUT2D eigenvalue weighted by atomic mass is 9.90. The summed E-state index contributed by atoms with van der Waals surface area (Å²) < 4.78 is 0. The summed E-state index contributed by atoms with van der Waals surface area (Å²) in [6.07, 6.45) is 8.34. The molecular weight excluding hydrogens is 159 g/mol. The summed E-state index contributed by atoms with van der Waals surface area (Å²) in [6, 6.07) is 0. The molecule has 64 valence electrons. The molecule has 0 saturated heterocycles. The molecule has 0 bridgehead atoms. The van der Waals surface area contributed by atoms with E-state index in [9.17, 15) is 0 Å². The third kappa shape index (κ3) is 3.85. The third-order valence-electron chi connectivity index (χ3n) is 2.14. The average molecular weight is 174 g/mol. The maximum absolute atomic E-state index is 8.62. The van der Waals surface area contributed by atoms with Crippen LogP contribution >= 0.6 is 8.38 Å². The molecule has 0 atom stereocenters. The summed E-state index contributed by atoms with van der Waals surface area (Å²) in [6.45, 7) is 0. The van der Waals surface area contributed by atoms with Crippen molar-refractivity contribution in [1.29, 1.82) is 0 Å². The molecule has 11 heavy (non-hydrogen) atoms. The van der Waals surface area contributed by atoms with E-state index in [1.54, 1.807) is 0 Å². The van der Waals surface area contributed by atoms with Crippen LogP contribution in [0, 0.1) is 5.92 Å². The van der Waals surface area contributed by atoms with Gasteiger partial charge in [0, 0.05) is 0 Å². The van der Waals surface area contributed by atoms with Crippen molar-refractivity contribution in [2.45, 2.75) is 32.1 Å². The molecule has 0 heterocycles. The van der Waals surface area contributed by atoms with Crippen molar-refractivity contribution in [2.24, 2.45) is 5.92 Å². The van der Waals surface area contributed by atoms with Crippen LogP contribution in [0.5, 0.6) is 0 Å². The Kier molecular flexibility index (Phi) is 4.06. The third-order valence-corrected chi connectivity index (χ3v) is 2.58. The average Bonchev–Trinajstić information content (AvgIpc) is 2.03. The Bertz CT molecular complexity index is 128. The van der Waals surface area contributed by atoms with E-state index in [-0.39, 0.29) is 0 Å². The highest BCUT2D eigenvalue weighted by Crippen LogP contribution is 2.30. The van der Waals surface area contributed by atoms with Crippen LogP contribution in [-0.4, -0.2) is 9.79 Å². The fourth-order valence-electron chi connectivity index (χ4n) is 1.53. The summed E-state index contributed by atoms with van der Waals surface area (Å²) >= 11 is 0. The summed E-state index contributed by atoms with van der Waals surface area (Å²) in [5.74, 6) is 2.14. The fourth-order valence-corrected chi connectivity index (χ4v) is 1.92. The molecule has 1 fully saturated rings. The van der Waals surface area contributed by atoms with Crippen LogP contribution in [0.3, 0.4) is 0 Å². The van der Waals surface area contributed by atoms with Crippen LogP contribution in [0.15, 0.2) is 11.9 Å². The summed E-state index contributed by atoms with van der Waals surface area (Å²) in [5, 5.41) is 0. The van der Waals surface area contributed by atoms with E-state index < -0.39 is 8.38 Å². The van der Waals surface area contributed by atoms with Crippen LogP contribution in [0.25, 0.3) is 0 Å². The van der Waals surface area contributed by atoms with Gasteiger partial charge >= 0.3 is 0 Å². The molecule has 0 unspecified atom stereocenters. The number of allylic oxidation sites excluding steroid dienone is 1. The highest BCUT2D eigenvalue weighted by Gasteiger charge is 2.09. The van der Waals surface area contributed by atoms with Crippen LogP contribution in [0.2, 0.25) is 0 Å². The minimum Gasteiger partial charge on any atom is -0.347 e. The van der Waals surface area contributed by atoms with Crippen molar-refractivity contribution in [3.05, 3.63) is 11.9 Å². The second-order valence-electron chi connectivity index (χ2n) is 3.06. The topological polar surface area (TPSA) is 40.5 Å². The van der Waals surface area contributed by atoms with Crippen LogP contribution in [0.1, 0.15) is 32.1 Å². The largest absolute Gasteiger partial charge is 0.347 e. The Morgan fingerprint density at radius 2 is 1.73 bits per heavy atom. The van der Waals surface area contributed by atoms with Gasteiger partial charge in [0.15, 0.2) is 8.38 Å². The van der Waals surface area contributed by atoms with Gasteiger partial charge in [-0.25, -0.2) is 0 Å². The Morgan fingerprint density at radius 3 is 2.27 bits per heavy atom. The summed E-state index contributed by atoms with van der Waals surface area (Å²) in [7, 11) is -1.81. The maximum Gasteiger partial charge on any atom is 0.191 e. The molecular formula is C8H15O2P. The zero-order valence-corrected chi connectivity index (χ0v) is 7.50.